The van der Waals surface area contributed by atoms with Gasteiger partial charge < -0.3 is 19.7 Å². The standard InChI is InChI=1S/C26H25FN2O3/c27-19-10-13-23-25(14-19)32-29-26(23)18-8-11-21(12-9-18)31-16-20(30)15-28-24-7-3-5-17-4-1-2-6-22(17)24/h1-2,4,6,8-14,20,24,28,30H,3,5,7,15-16H2/t20-,24?/m0/s1. The smallest absolute Gasteiger partial charge is 0.170 e. The van der Waals surface area contributed by atoms with Crippen LogP contribution in [-0.4, -0.2) is 29.5 Å². The quantitative estimate of drug-likeness (QED) is 0.428. The molecule has 0 aliphatic heterocycles. The minimum absolute atomic E-state index is 0.201. The van der Waals surface area contributed by atoms with Crippen molar-refractivity contribution in [2.24, 2.45) is 0 Å². The molecule has 2 N–H and O–H groups in total. The number of halogens is 1. The molecule has 4 aromatic rings. The summed E-state index contributed by atoms with van der Waals surface area (Å²) in [6, 6.07) is 20.6. The fraction of sp³-hybridized carbons (Fsp3) is 0.269. The summed E-state index contributed by atoms with van der Waals surface area (Å²) in [7, 11) is 0. The van der Waals surface area contributed by atoms with E-state index in [0.29, 0.717) is 23.6 Å². The van der Waals surface area contributed by atoms with Crippen LogP contribution >= 0.6 is 0 Å². The molecule has 1 heterocycles. The number of ether oxygens (including phenoxy) is 1. The second-order valence-corrected chi connectivity index (χ2v) is 8.21. The van der Waals surface area contributed by atoms with Crippen LogP contribution in [0.15, 0.2) is 71.3 Å². The number of aromatic nitrogens is 1. The molecule has 0 fully saturated rings. The summed E-state index contributed by atoms with van der Waals surface area (Å²) >= 11 is 0. The van der Waals surface area contributed by atoms with E-state index < -0.39 is 6.10 Å². The molecule has 1 aliphatic carbocycles. The van der Waals surface area contributed by atoms with Crippen molar-refractivity contribution in [2.45, 2.75) is 31.4 Å². The van der Waals surface area contributed by atoms with Crippen LogP contribution < -0.4 is 10.1 Å². The maximum Gasteiger partial charge on any atom is 0.170 e. The van der Waals surface area contributed by atoms with E-state index >= 15 is 0 Å². The van der Waals surface area contributed by atoms with E-state index in [4.69, 9.17) is 9.26 Å². The van der Waals surface area contributed by atoms with E-state index in [0.717, 1.165) is 30.2 Å². The van der Waals surface area contributed by atoms with Gasteiger partial charge in [0.1, 0.15) is 30.0 Å². The van der Waals surface area contributed by atoms with Gasteiger partial charge in [-0.3, -0.25) is 0 Å². The normalized spacial score (nSPS) is 16.6. The first kappa shape index (κ1) is 20.7. The lowest BCUT2D eigenvalue weighted by molar-refractivity contribution is 0.103. The third-order valence-corrected chi connectivity index (χ3v) is 5.97. The van der Waals surface area contributed by atoms with E-state index in [1.807, 2.05) is 24.3 Å². The predicted molar refractivity (Wildman–Crippen MR) is 121 cm³/mol. The van der Waals surface area contributed by atoms with Crippen molar-refractivity contribution in [3.8, 4) is 17.0 Å². The molecule has 1 unspecified atom stereocenters. The molecule has 5 nitrogen and oxygen atoms in total. The SMILES string of the molecule is O[C@@H](CNC1CCCc2ccccc21)COc1ccc(-c2noc3cc(F)ccc23)cc1. The number of hydrogen-bond acceptors (Lipinski definition) is 5. The third-order valence-electron chi connectivity index (χ3n) is 5.97. The van der Waals surface area contributed by atoms with Gasteiger partial charge >= 0.3 is 0 Å². The number of aliphatic hydroxyl groups excluding tert-OH is 1. The van der Waals surface area contributed by atoms with Crippen molar-refractivity contribution in [3.05, 3.63) is 83.7 Å². The molecule has 164 valence electrons. The highest BCUT2D eigenvalue weighted by Gasteiger charge is 2.20. The van der Waals surface area contributed by atoms with Crippen LogP contribution in [0.4, 0.5) is 4.39 Å². The van der Waals surface area contributed by atoms with Crippen LogP contribution in [0.2, 0.25) is 0 Å². The zero-order chi connectivity index (χ0) is 21.9. The van der Waals surface area contributed by atoms with Crippen LogP contribution in [0, 0.1) is 5.82 Å². The van der Waals surface area contributed by atoms with Gasteiger partial charge in [0.15, 0.2) is 5.58 Å². The monoisotopic (exact) mass is 432 g/mol. The van der Waals surface area contributed by atoms with E-state index in [9.17, 15) is 9.50 Å². The second-order valence-electron chi connectivity index (χ2n) is 8.21. The van der Waals surface area contributed by atoms with Crippen LogP contribution in [-0.2, 0) is 6.42 Å². The number of rotatable bonds is 7. The number of nitrogens with one attached hydrogen (secondary N) is 1. The molecular formula is C26H25FN2O3. The van der Waals surface area contributed by atoms with E-state index in [1.165, 1.54) is 23.3 Å². The number of aryl methyl sites for hydroxylation is 1. The van der Waals surface area contributed by atoms with Gasteiger partial charge in [-0.2, -0.15) is 0 Å². The highest BCUT2D eigenvalue weighted by molar-refractivity contribution is 5.91. The Labute approximate surface area is 185 Å². The lowest BCUT2D eigenvalue weighted by Crippen LogP contribution is -2.35. The summed E-state index contributed by atoms with van der Waals surface area (Å²) in [5.41, 5.74) is 4.65. The first-order valence-electron chi connectivity index (χ1n) is 10.9. The maximum atomic E-state index is 13.3. The zero-order valence-electron chi connectivity index (χ0n) is 17.6. The highest BCUT2D eigenvalue weighted by atomic mass is 19.1. The summed E-state index contributed by atoms with van der Waals surface area (Å²) < 4.78 is 24.3. The van der Waals surface area contributed by atoms with E-state index in [-0.39, 0.29) is 18.5 Å². The van der Waals surface area contributed by atoms with Crippen LogP contribution in [0.1, 0.15) is 30.0 Å². The Balaban J connectivity index is 1.16. The number of aliphatic hydroxyl groups is 1. The Bertz CT molecular complexity index is 1210. The zero-order valence-corrected chi connectivity index (χ0v) is 17.6. The van der Waals surface area contributed by atoms with Crippen molar-refractivity contribution in [1.82, 2.24) is 10.5 Å². The van der Waals surface area contributed by atoms with E-state index in [1.54, 1.807) is 6.07 Å². The Morgan fingerprint density at radius 3 is 2.84 bits per heavy atom. The van der Waals surface area contributed by atoms with Crippen molar-refractivity contribution >= 4 is 11.0 Å². The van der Waals surface area contributed by atoms with Gasteiger partial charge in [0.05, 0.1) is 0 Å². The average Bonchev–Trinajstić information content (AvgIpc) is 3.24. The van der Waals surface area contributed by atoms with Crippen LogP contribution in [0.5, 0.6) is 5.75 Å². The summed E-state index contributed by atoms with van der Waals surface area (Å²) in [5, 5.41) is 18.7. The molecule has 0 bridgehead atoms. The largest absolute Gasteiger partial charge is 0.491 e. The Hall–Kier alpha value is -3.22. The number of benzene rings is 3. The third kappa shape index (κ3) is 4.38. The fourth-order valence-electron chi connectivity index (χ4n) is 4.32. The average molecular weight is 432 g/mol. The molecule has 0 saturated carbocycles. The van der Waals surface area contributed by atoms with Gasteiger partial charge in [-0.1, -0.05) is 29.4 Å². The van der Waals surface area contributed by atoms with Crippen LogP contribution in [0.25, 0.3) is 22.2 Å². The van der Waals surface area contributed by atoms with Gasteiger partial charge in [0.25, 0.3) is 0 Å². The van der Waals surface area contributed by atoms with Gasteiger partial charge in [-0.15, -0.1) is 0 Å². The molecular weight excluding hydrogens is 407 g/mol. The Morgan fingerprint density at radius 1 is 1.12 bits per heavy atom. The fourth-order valence-corrected chi connectivity index (χ4v) is 4.32. The predicted octanol–water partition coefficient (Wildman–Crippen LogP) is 5.04. The minimum Gasteiger partial charge on any atom is -0.491 e. The lowest BCUT2D eigenvalue weighted by Gasteiger charge is -2.27. The summed E-state index contributed by atoms with van der Waals surface area (Å²) in [6.45, 7) is 0.672. The Morgan fingerprint density at radius 2 is 1.97 bits per heavy atom. The van der Waals surface area contributed by atoms with Crippen LogP contribution in [0.3, 0.4) is 0 Å². The molecule has 0 spiro atoms. The molecule has 0 amide bonds. The van der Waals surface area contributed by atoms with Gasteiger partial charge in [-0.25, -0.2) is 4.39 Å². The number of hydrogen-bond donors (Lipinski definition) is 2. The van der Waals surface area contributed by atoms with Crippen molar-refractivity contribution < 1.29 is 18.8 Å². The molecule has 0 radical (unpaired) electrons. The molecule has 6 heteroatoms. The topological polar surface area (TPSA) is 67.5 Å². The van der Waals surface area contributed by atoms with E-state index in [2.05, 4.69) is 34.7 Å². The van der Waals surface area contributed by atoms with Gasteiger partial charge in [-0.05, 0) is 66.8 Å². The first-order chi connectivity index (χ1) is 15.7. The highest BCUT2D eigenvalue weighted by Crippen LogP contribution is 2.30. The molecule has 32 heavy (non-hydrogen) atoms. The Kier molecular flexibility index (Phi) is 5.88. The molecule has 5 rings (SSSR count). The number of fused-ring (bicyclic) bond motifs is 2. The van der Waals surface area contributed by atoms with Gasteiger partial charge in [0, 0.05) is 29.6 Å². The molecule has 2 atom stereocenters. The maximum absolute atomic E-state index is 13.3. The molecule has 0 saturated heterocycles. The first-order valence-corrected chi connectivity index (χ1v) is 10.9. The minimum atomic E-state index is -0.613. The summed E-state index contributed by atoms with van der Waals surface area (Å²) in [6.07, 6.45) is 2.74. The molecule has 3 aromatic carbocycles. The summed E-state index contributed by atoms with van der Waals surface area (Å²) in [4.78, 5) is 0. The molecule has 1 aromatic heterocycles. The molecule has 1 aliphatic rings. The second kappa shape index (κ2) is 9.10. The van der Waals surface area contributed by atoms with Crippen molar-refractivity contribution in [2.75, 3.05) is 13.2 Å². The number of nitrogens with zero attached hydrogens (tertiary/aromatic N) is 1. The summed E-state index contributed by atoms with van der Waals surface area (Å²) in [5.74, 6) is 0.305. The van der Waals surface area contributed by atoms with Gasteiger partial charge in [0.2, 0.25) is 0 Å². The van der Waals surface area contributed by atoms with Crippen molar-refractivity contribution in [3.63, 3.8) is 0 Å². The van der Waals surface area contributed by atoms with Crippen molar-refractivity contribution in [1.29, 1.82) is 0 Å². The lowest BCUT2D eigenvalue weighted by atomic mass is 9.88.